The zero-order valence-electron chi connectivity index (χ0n) is 13.5. The van der Waals surface area contributed by atoms with Crippen LogP contribution in [0.3, 0.4) is 0 Å². The van der Waals surface area contributed by atoms with Crippen LogP contribution in [0.2, 0.25) is 0 Å². The second kappa shape index (κ2) is 7.31. The number of ether oxygens (including phenoxy) is 2. The van der Waals surface area contributed by atoms with Crippen molar-refractivity contribution in [2.24, 2.45) is 5.73 Å². The molecule has 1 aromatic rings. The average Bonchev–Trinajstić information content (AvgIpc) is 2.37. The van der Waals surface area contributed by atoms with Crippen molar-refractivity contribution in [2.75, 3.05) is 13.7 Å². The molecule has 0 aliphatic heterocycles. The number of carbonyl (C=O) groups excluding carboxylic acids is 1. The molecule has 5 heteroatoms. The van der Waals surface area contributed by atoms with E-state index in [9.17, 15) is 4.79 Å². The normalized spacial score (nSPS) is 12.7. The van der Waals surface area contributed by atoms with Gasteiger partial charge in [0.25, 0.3) is 0 Å². The third-order valence-electron chi connectivity index (χ3n) is 3.04. The number of methoxy groups -OCH3 is 1. The van der Waals surface area contributed by atoms with Gasteiger partial charge in [-0.1, -0.05) is 12.1 Å². The van der Waals surface area contributed by atoms with Crippen LogP contribution in [-0.2, 0) is 11.2 Å². The molecule has 1 rings (SSSR count). The summed E-state index contributed by atoms with van der Waals surface area (Å²) in [6.07, 6.45) is 0.150. The number of nitrogens with two attached hydrogens (primary N) is 1. The lowest BCUT2D eigenvalue weighted by atomic mass is 10.00. The van der Waals surface area contributed by atoms with Crippen LogP contribution in [0, 0.1) is 6.92 Å². The Morgan fingerprint density at radius 2 is 2.05 bits per heavy atom. The molecule has 1 amide bonds. The first-order chi connectivity index (χ1) is 9.76. The molecule has 0 bridgehead atoms. The number of hydrogen-bond acceptors (Lipinski definition) is 4. The Balaban J connectivity index is 2.77. The fourth-order valence-corrected chi connectivity index (χ4v) is 2.04. The van der Waals surface area contributed by atoms with Crippen molar-refractivity contribution in [2.45, 2.75) is 45.8 Å². The van der Waals surface area contributed by atoms with E-state index in [1.54, 1.807) is 7.11 Å². The summed E-state index contributed by atoms with van der Waals surface area (Å²) in [7, 11) is 1.64. The van der Waals surface area contributed by atoms with Gasteiger partial charge in [-0.15, -0.1) is 0 Å². The predicted molar refractivity (Wildman–Crippen MR) is 83.6 cm³/mol. The van der Waals surface area contributed by atoms with Crippen molar-refractivity contribution >= 4 is 6.09 Å². The first-order valence-corrected chi connectivity index (χ1v) is 7.09. The van der Waals surface area contributed by atoms with E-state index in [1.807, 2.05) is 45.9 Å². The molecule has 0 saturated heterocycles. The second-order valence-corrected chi connectivity index (χ2v) is 6.04. The Morgan fingerprint density at radius 3 is 2.57 bits per heavy atom. The Labute approximate surface area is 126 Å². The van der Waals surface area contributed by atoms with Crippen LogP contribution < -0.4 is 15.8 Å². The number of benzene rings is 1. The van der Waals surface area contributed by atoms with Crippen LogP contribution in [0.1, 0.15) is 31.9 Å². The molecule has 21 heavy (non-hydrogen) atoms. The summed E-state index contributed by atoms with van der Waals surface area (Å²) in [5.74, 6) is 0.805. The molecular weight excluding hydrogens is 268 g/mol. The number of aryl methyl sites for hydroxylation is 1. The number of carbonyl (C=O) groups is 1. The van der Waals surface area contributed by atoms with E-state index < -0.39 is 11.7 Å². The monoisotopic (exact) mass is 294 g/mol. The van der Waals surface area contributed by atoms with E-state index >= 15 is 0 Å². The van der Waals surface area contributed by atoms with Gasteiger partial charge in [-0.05, 0) is 51.3 Å². The summed E-state index contributed by atoms with van der Waals surface area (Å²) in [5.41, 5.74) is 7.40. The lowest BCUT2D eigenvalue weighted by Crippen LogP contribution is -2.44. The van der Waals surface area contributed by atoms with Crippen LogP contribution in [0.25, 0.3) is 0 Å². The SMILES string of the molecule is COc1cccc(C)c1CC(CN)NC(=O)OC(C)(C)C. The standard InChI is InChI=1S/C16H26N2O3/c1-11-7-6-8-14(20-5)13(11)9-12(10-17)18-15(19)21-16(2,3)4/h6-8,12H,9-10,17H2,1-5H3,(H,18,19). The molecule has 0 aliphatic rings. The van der Waals surface area contributed by atoms with Gasteiger partial charge < -0.3 is 20.5 Å². The van der Waals surface area contributed by atoms with E-state index in [4.69, 9.17) is 15.2 Å². The van der Waals surface area contributed by atoms with E-state index in [2.05, 4.69) is 5.32 Å². The molecule has 0 aromatic heterocycles. The van der Waals surface area contributed by atoms with Gasteiger partial charge in [-0.2, -0.15) is 0 Å². The minimum absolute atomic E-state index is 0.199. The van der Waals surface area contributed by atoms with Crippen molar-refractivity contribution in [3.05, 3.63) is 29.3 Å². The smallest absolute Gasteiger partial charge is 0.407 e. The summed E-state index contributed by atoms with van der Waals surface area (Å²) in [5, 5.41) is 2.81. The summed E-state index contributed by atoms with van der Waals surface area (Å²) in [6.45, 7) is 7.83. The van der Waals surface area contributed by atoms with Gasteiger partial charge >= 0.3 is 6.09 Å². The van der Waals surface area contributed by atoms with Crippen LogP contribution in [0.15, 0.2) is 18.2 Å². The number of nitrogens with one attached hydrogen (secondary N) is 1. The third-order valence-corrected chi connectivity index (χ3v) is 3.04. The van der Waals surface area contributed by atoms with Crippen molar-refractivity contribution in [1.29, 1.82) is 0 Å². The largest absolute Gasteiger partial charge is 0.496 e. The third kappa shape index (κ3) is 5.63. The molecule has 1 atom stereocenters. The Bertz CT molecular complexity index is 481. The number of amides is 1. The summed E-state index contributed by atoms with van der Waals surface area (Å²) in [4.78, 5) is 11.8. The van der Waals surface area contributed by atoms with Crippen LogP contribution in [0.4, 0.5) is 4.79 Å². The number of alkyl carbamates (subject to hydrolysis) is 1. The van der Waals surface area contributed by atoms with Gasteiger partial charge in [-0.25, -0.2) is 4.79 Å². The lowest BCUT2D eigenvalue weighted by molar-refractivity contribution is 0.0505. The van der Waals surface area contributed by atoms with Crippen molar-refractivity contribution in [3.63, 3.8) is 0 Å². The molecule has 0 aliphatic carbocycles. The van der Waals surface area contributed by atoms with Gasteiger partial charge in [0.05, 0.1) is 7.11 Å². The minimum Gasteiger partial charge on any atom is -0.496 e. The lowest BCUT2D eigenvalue weighted by Gasteiger charge is -2.24. The highest BCUT2D eigenvalue weighted by molar-refractivity contribution is 5.68. The van der Waals surface area contributed by atoms with Crippen molar-refractivity contribution in [3.8, 4) is 5.75 Å². The fraction of sp³-hybridized carbons (Fsp3) is 0.562. The fourth-order valence-electron chi connectivity index (χ4n) is 2.04. The molecule has 0 radical (unpaired) electrons. The highest BCUT2D eigenvalue weighted by atomic mass is 16.6. The Kier molecular flexibility index (Phi) is 6.03. The van der Waals surface area contributed by atoms with Gasteiger partial charge in [0.1, 0.15) is 11.4 Å². The molecule has 0 spiro atoms. The predicted octanol–water partition coefficient (Wildman–Crippen LogP) is 2.40. The summed E-state index contributed by atoms with van der Waals surface area (Å²) < 4.78 is 10.6. The first-order valence-electron chi connectivity index (χ1n) is 7.09. The van der Waals surface area contributed by atoms with Gasteiger partial charge in [0, 0.05) is 12.6 Å². The van der Waals surface area contributed by atoms with Gasteiger partial charge in [-0.3, -0.25) is 0 Å². The summed E-state index contributed by atoms with van der Waals surface area (Å²) >= 11 is 0. The molecule has 0 fully saturated rings. The molecule has 1 aromatic carbocycles. The Hall–Kier alpha value is -1.75. The molecule has 0 saturated carbocycles. The maximum absolute atomic E-state index is 11.8. The molecule has 5 nitrogen and oxygen atoms in total. The van der Waals surface area contributed by atoms with Crippen molar-refractivity contribution < 1.29 is 14.3 Å². The second-order valence-electron chi connectivity index (χ2n) is 6.04. The number of hydrogen-bond donors (Lipinski definition) is 2. The van der Waals surface area contributed by atoms with Gasteiger partial charge in [0.15, 0.2) is 0 Å². The van der Waals surface area contributed by atoms with Gasteiger partial charge in [0.2, 0.25) is 0 Å². The first kappa shape index (κ1) is 17.3. The highest BCUT2D eigenvalue weighted by Crippen LogP contribution is 2.23. The zero-order valence-corrected chi connectivity index (χ0v) is 13.5. The zero-order chi connectivity index (χ0) is 16.0. The maximum atomic E-state index is 11.8. The van der Waals surface area contributed by atoms with Crippen LogP contribution in [-0.4, -0.2) is 31.4 Å². The summed E-state index contributed by atoms with van der Waals surface area (Å²) in [6, 6.07) is 5.66. The molecule has 1 unspecified atom stereocenters. The quantitative estimate of drug-likeness (QED) is 0.874. The molecular formula is C16H26N2O3. The number of rotatable bonds is 5. The van der Waals surface area contributed by atoms with Crippen LogP contribution in [0.5, 0.6) is 5.75 Å². The molecule has 118 valence electrons. The molecule has 3 N–H and O–H groups in total. The maximum Gasteiger partial charge on any atom is 0.407 e. The van der Waals surface area contributed by atoms with E-state index in [0.29, 0.717) is 13.0 Å². The Morgan fingerprint density at radius 1 is 1.38 bits per heavy atom. The topological polar surface area (TPSA) is 73.6 Å². The highest BCUT2D eigenvalue weighted by Gasteiger charge is 2.20. The van der Waals surface area contributed by atoms with E-state index in [0.717, 1.165) is 16.9 Å². The molecule has 0 heterocycles. The van der Waals surface area contributed by atoms with Crippen LogP contribution >= 0.6 is 0 Å². The average molecular weight is 294 g/mol. The van der Waals surface area contributed by atoms with Crippen molar-refractivity contribution in [1.82, 2.24) is 5.32 Å². The van der Waals surface area contributed by atoms with E-state index in [1.165, 1.54) is 0 Å². The minimum atomic E-state index is -0.524. The van der Waals surface area contributed by atoms with E-state index in [-0.39, 0.29) is 6.04 Å².